The average Bonchev–Trinajstić information content (AvgIpc) is 3.12. The number of benzene rings is 1. The number of Topliss-reactive ketones (excluding diaryl/α,β-unsaturated/α-hetero) is 1. The van der Waals surface area contributed by atoms with Crippen LogP contribution >= 0.6 is 0 Å². The number of nitrogens with zero attached hydrogens (tertiary/aromatic N) is 4. The first-order valence-electron chi connectivity index (χ1n) is 8.85. The Kier molecular flexibility index (Phi) is 5.74. The van der Waals surface area contributed by atoms with Crippen LogP contribution in [-0.4, -0.2) is 32.7 Å². The lowest BCUT2D eigenvalue weighted by Gasteiger charge is -2.23. The highest BCUT2D eigenvalue weighted by atomic mass is 16.2. The summed E-state index contributed by atoms with van der Waals surface area (Å²) >= 11 is 0. The number of carbonyl (C=O) groups is 2. The van der Waals surface area contributed by atoms with Crippen LogP contribution < -0.4 is 5.32 Å². The first kappa shape index (κ1) is 17.8. The maximum Gasteiger partial charge on any atom is 0.245 e. The van der Waals surface area contributed by atoms with E-state index in [1.807, 2.05) is 36.4 Å². The van der Waals surface area contributed by atoms with Gasteiger partial charge in [-0.1, -0.05) is 54.8 Å². The molecule has 1 amide bonds. The second-order valence-electron chi connectivity index (χ2n) is 6.56. The quantitative estimate of drug-likeness (QED) is 0.634. The Balaban J connectivity index is 1.65. The Morgan fingerprint density at radius 3 is 2.65 bits per heavy atom. The fourth-order valence-electron chi connectivity index (χ4n) is 3.17. The molecule has 1 saturated carbocycles. The van der Waals surface area contributed by atoms with Crippen LogP contribution in [0.5, 0.6) is 0 Å². The second kappa shape index (κ2) is 8.39. The number of carbonyl (C=O) groups excluding carboxylic acids is 2. The lowest BCUT2D eigenvalue weighted by Crippen LogP contribution is -2.42. The van der Waals surface area contributed by atoms with Gasteiger partial charge in [0.15, 0.2) is 11.6 Å². The van der Waals surface area contributed by atoms with Crippen molar-refractivity contribution in [2.45, 2.75) is 44.7 Å². The Hall–Kier alpha value is -3.01. The Labute approximate surface area is 152 Å². The van der Waals surface area contributed by atoms with Crippen LogP contribution in [0.25, 0.3) is 0 Å². The number of ketones is 1. The normalized spacial score (nSPS) is 15.8. The van der Waals surface area contributed by atoms with Crippen molar-refractivity contribution in [3.8, 4) is 6.07 Å². The summed E-state index contributed by atoms with van der Waals surface area (Å²) in [6, 6.07) is 11.5. The third kappa shape index (κ3) is 4.33. The van der Waals surface area contributed by atoms with Crippen molar-refractivity contribution in [2.24, 2.45) is 5.92 Å². The third-order valence-electron chi connectivity index (χ3n) is 4.58. The first-order valence-corrected chi connectivity index (χ1v) is 8.85. The van der Waals surface area contributed by atoms with E-state index >= 15 is 0 Å². The standard InChI is InChI=1S/C19H21N5O2/c20-11-16(19(26)21-15-9-5-2-6-10-15)18(25)17-13-24(23-22-17)12-14-7-3-1-4-8-14/h1,3-4,7-8,13,15-16H,2,5-6,9-10,12H2,(H,21,26). The SMILES string of the molecule is N#CC(C(=O)NC1CCCCC1)C(=O)c1cn(Cc2ccccc2)nn1. The molecule has 1 unspecified atom stereocenters. The Morgan fingerprint density at radius 1 is 1.23 bits per heavy atom. The van der Waals surface area contributed by atoms with Gasteiger partial charge in [-0.2, -0.15) is 5.26 Å². The monoisotopic (exact) mass is 351 g/mol. The summed E-state index contributed by atoms with van der Waals surface area (Å²) in [6.45, 7) is 0.465. The lowest BCUT2D eigenvalue weighted by atomic mass is 9.94. The lowest BCUT2D eigenvalue weighted by molar-refractivity contribution is -0.123. The number of amides is 1. The molecule has 7 heteroatoms. The van der Waals surface area contributed by atoms with Gasteiger partial charge in [0, 0.05) is 6.04 Å². The highest BCUT2D eigenvalue weighted by Gasteiger charge is 2.31. The zero-order valence-electron chi connectivity index (χ0n) is 14.5. The molecule has 1 aromatic carbocycles. The number of aromatic nitrogens is 3. The molecule has 1 aliphatic carbocycles. The molecule has 3 rings (SSSR count). The van der Waals surface area contributed by atoms with Gasteiger partial charge in [0.05, 0.1) is 18.8 Å². The van der Waals surface area contributed by atoms with Gasteiger partial charge in [-0.05, 0) is 18.4 Å². The van der Waals surface area contributed by atoms with E-state index in [0.717, 1.165) is 37.7 Å². The van der Waals surface area contributed by atoms with Crippen LogP contribution in [0.4, 0.5) is 0 Å². The molecule has 0 aliphatic heterocycles. The summed E-state index contributed by atoms with van der Waals surface area (Å²) in [4.78, 5) is 24.9. The van der Waals surface area contributed by atoms with Gasteiger partial charge in [-0.25, -0.2) is 4.68 Å². The van der Waals surface area contributed by atoms with E-state index in [0.29, 0.717) is 6.54 Å². The fourth-order valence-corrected chi connectivity index (χ4v) is 3.17. The molecule has 1 fully saturated rings. The van der Waals surface area contributed by atoms with Gasteiger partial charge < -0.3 is 5.32 Å². The van der Waals surface area contributed by atoms with Gasteiger partial charge in [-0.15, -0.1) is 5.10 Å². The van der Waals surface area contributed by atoms with Crippen molar-refractivity contribution >= 4 is 11.7 Å². The van der Waals surface area contributed by atoms with Crippen LogP contribution in [0.3, 0.4) is 0 Å². The number of hydrogen-bond acceptors (Lipinski definition) is 5. The molecule has 1 aromatic heterocycles. The maximum absolute atomic E-state index is 12.5. The van der Waals surface area contributed by atoms with Crippen LogP contribution in [0.15, 0.2) is 36.5 Å². The van der Waals surface area contributed by atoms with Crippen molar-refractivity contribution < 1.29 is 9.59 Å². The van der Waals surface area contributed by atoms with Crippen molar-refractivity contribution in [1.29, 1.82) is 5.26 Å². The zero-order valence-corrected chi connectivity index (χ0v) is 14.5. The molecule has 134 valence electrons. The van der Waals surface area contributed by atoms with Gasteiger partial charge in [0.25, 0.3) is 0 Å². The van der Waals surface area contributed by atoms with Crippen LogP contribution in [0.1, 0.15) is 48.2 Å². The van der Waals surface area contributed by atoms with Gasteiger partial charge in [0.1, 0.15) is 0 Å². The van der Waals surface area contributed by atoms with Crippen molar-refractivity contribution in [1.82, 2.24) is 20.3 Å². The summed E-state index contributed by atoms with van der Waals surface area (Å²) in [5.41, 5.74) is 1.05. The molecule has 0 saturated heterocycles. The predicted molar refractivity (Wildman–Crippen MR) is 94.0 cm³/mol. The number of rotatable bonds is 6. The predicted octanol–water partition coefficient (Wildman–Crippen LogP) is 2.10. The zero-order chi connectivity index (χ0) is 18.4. The molecular weight excluding hydrogens is 330 g/mol. The summed E-state index contributed by atoms with van der Waals surface area (Å²) in [6.07, 6.45) is 6.55. The largest absolute Gasteiger partial charge is 0.352 e. The minimum Gasteiger partial charge on any atom is -0.352 e. The van der Waals surface area contributed by atoms with E-state index in [4.69, 9.17) is 0 Å². The van der Waals surface area contributed by atoms with E-state index in [2.05, 4.69) is 15.6 Å². The highest BCUT2D eigenvalue weighted by Crippen LogP contribution is 2.18. The van der Waals surface area contributed by atoms with Crippen molar-refractivity contribution in [2.75, 3.05) is 0 Å². The smallest absolute Gasteiger partial charge is 0.245 e. The van der Waals surface area contributed by atoms with E-state index in [-0.39, 0.29) is 11.7 Å². The van der Waals surface area contributed by atoms with Crippen molar-refractivity contribution in [3.63, 3.8) is 0 Å². The molecule has 26 heavy (non-hydrogen) atoms. The number of nitrogens with one attached hydrogen (secondary N) is 1. The second-order valence-corrected chi connectivity index (χ2v) is 6.56. The van der Waals surface area contributed by atoms with Gasteiger partial charge in [-0.3, -0.25) is 9.59 Å². The van der Waals surface area contributed by atoms with E-state index in [1.54, 1.807) is 0 Å². The highest BCUT2D eigenvalue weighted by molar-refractivity contribution is 6.11. The van der Waals surface area contributed by atoms with Gasteiger partial charge >= 0.3 is 0 Å². The average molecular weight is 351 g/mol. The molecule has 1 atom stereocenters. The van der Waals surface area contributed by atoms with E-state index in [9.17, 15) is 14.9 Å². The van der Waals surface area contributed by atoms with Crippen LogP contribution in [0, 0.1) is 17.2 Å². The van der Waals surface area contributed by atoms with Crippen LogP contribution in [-0.2, 0) is 11.3 Å². The molecule has 0 bridgehead atoms. The minimum atomic E-state index is -1.39. The Morgan fingerprint density at radius 2 is 1.96 bits per heavy atom. The minimum absolute atomic E-state index is 0.0336. The number of nitriles is 1. The summed E-state index contributed by atoms with van der Waals surface area (Å²) < 4.78 is 1.52. The molecule has 2 aromatic rings. The number of hydrogen-bond donors (Lipinski definition) is 1. The van der Waals surface area contributed by atoms with Gasteiger partial charge in [0.2, 0.25) is 11.7 Å². The summed E-state index contributed by atoms with van der Waals surface area (Å²) in [5.74, 6) is -2.54. The van der Waals surface area contributed by atoms with E-state index < -0.39 is 17.6 Å². The van der Waals surface area contributed by atoms with Crippen molar-refractivity contribution in [3.05, 3.63) is 47.8 Å². The molecule has 1 N–H and O–H groups in total. The Bertz CT molecular complexity index is 803. The molecule has 7 nitrogen and oxygen atoms in total. The molecular formula is C19H21N5O2. The summed E-state index contributed by atoms with van der Waals surface area (Å²) in [5, 5.41) is 19.9. The van der Waals surface area contributed by atoms with Crippen LogP contribution in [0.2, 0.25) is 0 Å². The van der Waals surface area contributed by atoms with E-state index in [1.165, 1.54) is 10.9 Å². The molecule has 1 aliphatic rings. The maximum atomic E-state index is 12.5. The summed E-state index contributed by atoms with van der Waals surface area (Å²) in [7, 11) is 0. The molecule has 0 radical (unpaired) electrons. The molecule has 0 spiro atoms. The first-order chi connectivity index (χ1) is 12.7. The third-order valence-corrected chi connectivity index (χ3v) is 4.58. The molecule has 1 heterocycles. The topological polar surface area (TPSA) is 101 Å². The fraction of sp³-hybridized carbons (Fsp3) is 0.421.